The molecule has 1 saturated carbocycles. The molecule has 0 aromatic carbocycles. The van der Waals surface area contributed by atoms with Crippen molar-refractivity contribution in [2.75, 3.05) is 12.3 Å². The Balaban J connectivity index is 2.01. The first kappa shape index (κ1) is 9.06. The van der Waals surface area contributed by atoms with Gasteiger partial charge >= 0.3 is 0 Å². The van der Waals surface area contributed by atoms with E-state index in [1.165, 1.54) is 4.90 Å². The maximum absolute atomic E-state index is 11.3. The van der Waals surface area contributed by atoms with Gasteiger partial charge in [0.25, 0.3) is 0 Å². The van der Waals surface area contributed by atoms with Crippen molar-refractivity contribution in [1.82, 2.24) is 4.90 Å². The Morgan fingerprint density at radius 1 is 1.23 bits per heavy atom. The number of thiol groups is 1. The zero-order chi connectivity index (χ0) is 9.47. The molecule has 0 aromatic rings. The molecular weight excluding hydrogens is 186 g/mol. The summed E-state index contributed by atoms with van der Waals surface area (Å²) in [6.45, 7) is 0.605. The third-order valence-corrected chi connectivity index (χ3v) is 3.61. The molecule has 13 heavy (non-hydrogen) atoms. The van der Waals surface area contributed by atoms with E-state index in [-0.39, 0.29) is 17.2 Å². The summed E-state index contributed by atoms with van der Waals surface area (Å²) in [6, 6.07) is 0. The van der Waals surface area contributed by atoms with Crippen molar-refractivity contribution in [3.63, 3.8) is 0 Å². The Morgan fingerprint density at radius 2 is 1.77 bits per heavy atom. The lowest BCUT2D eigenvalue weighted by Crippen LogP contribution is -2.35. The fourth-order valence-corrected chi connectivity index (χ4v) is 2.09. The van der Waals surface area contributed by atoms with Crippen LogP contribution in [0.4, 0.5) is 0 Å². The molecule has 2 amide bonds. The molecular formula is C9H13NO2S. The molecule has 0 atom stereocenters. The Labute approximate surface area is 82.9 Å². The molecule has 0 unspecified atom stereocenters. The summed E-state index contributed by atoms with van der Waals surface area (Å²) in [5.41, 5.74) is 0.165. The zero-order valence-electron chi connectivity index (χ0n) is 7.45. The second-order valence-electron chi connectivity index (χ2n) is 4.03. The Hall–Kier alpha value is -0.510. The van der Waals surface area contributed by atoms with Crippen LogP contribution in [0.1, 0.15) is 25.7 Å². The first-order valence-electron chi connectivity index (χ1n) is 4.61. The molecule has 2 rings (SSSR count). The van der Waals surface area contributed by atoms with E-state index < -0.39 is 0 Å². The molecule has 3 nitrogen and oxygen atoms in total. The van der Waals surface area contributed by atoms with Crippen LogP contribution >= 0.6 is 12.6 Å². The van der Waals surface area contributed by atoms with Gasteiger partial charge in [0.05, 0.1) is 0 Å². The van der Waals surface area contributed by atoms with Gasteiger partial charge in [0.15, 0.2) is 0 Å². The van der Waals surface area contributed by atoms with Crippen LogP contribution < -0.4 is 0 Å². The van der Waals surface area contributed by atoms with Crippen LogP contribution in [0, 0.1) is 5.41 Å². The topological polar surface area (TPSA) is 37.4 Å². The minimum atomic E-state index is -0.00180. The molecule has 0 radical (unpaired) electrons. The van der Waals surface area contributed by atoms with Gasteiger partial charge in [0.2, 0.25) is 11.8 Å². The van der Waals surface area contributed by atoms with E-state index in [1.807, 2.05) is 0 Å². The average molecular weight is 199 g/mol. The second kappa shape index (κ2) is 3.01. The number of carbonyl (C=O) groups is 2. The SMILES string of the molecule is O=C1CCC(=O)N1CC1(CS)CC1. The highest BCUT2D eigenvalue weighted by Gasteiger charge is 2.45. The summed E-state index contributed by atoms with van der Waals surface area (Å²) >= 11 is 4.25. The zero-order valence-corrected chi connectivity index (χ0v) is 8.35. The van der Waals surface area contributed by atoms with Gasteiger partial charge in [0, 0.05) is 19.4 Å². The number of amides is 2. The molecule has 0 spiro atoms. The monoisotopic (exact) mass is 199 g/mol. The number of likely N-dealkylation sites (tertiary alicyclic amines) is 1. The second-order valence-corrected chi connectivity index (χ2v) is 4.35. The van der Waals surface area contributed by atoms with Crippen molar-refractivity contribution < 1.29 is 9.59 Å². The fourth-order valence-electron chi connectivity index (χ4n) is 1.68. The van der Waals surface area contributed by atoms with Gasteiger partial charge in [-0.05, 0) is 24.0 Å². The van der Waals surface area contributed by atoms with Crippen LogP contribution in [-0.4, -0.2) is 29.0 Å². The smallest absolute Gasteiger partial charge is 0.229 e. The maximum atomic E-state index is 11.3. The molecule has 0 bridgehead atoms. The highest BCUT2D eigenvalue weighted by molar-refractivity contribution is 7.80. The van der Waals surface area contributed by atoms with Crippen molar-refractivity contribution in [3.05, 3.63) is 0 Å². The fraction of sp³-hybridized carbons (Fsp3) is 0.778. The van der Waals surface area contributed by atoms with Gasteiger partial charge in [-0.15, -0.1) is 0 Å². The lowest BCUT2D eigenvalue weighted by atomic mass is 10.1. The van der Waals surface area contributed by atoms with Gasteiger partial charge < -0.3 is 0 Å². The lowest BCUT2D eigenvalue weighted by Gasteiger charge is -2.19. The van der Waals surface area contributed by atoms with E-state index in [0.717, 1.165) is 18.6 Å². The van der Waals surface area contributed by atoms with E-state index in [1.54, 1.807) is 0 Å². The maximum Gasteiger partial charge on any atom is 0.229 e. The van der Waals surface area contributed by atoms with Crippen LogP contribution in [0.2, 0.25) is 0 Å². The number of rotatable bonds is 3. The van der Waals surface area contributed by atoms with Gasteiger partial charge in [-0.1, -0.05) is 0 Å². The predicted octanol–water partition coefficient (Wildman–Crippen LogP) is 0.845. The van der Waals surface area contributed by atoms with Gasteiger partial charge in [0.1, 0.15) is 0 Å². The molecule has 4 heteroatoms. The molecule has 0 N–H and O–H groups in total. The summed E-state index contributed by atoms with van der Waals surface area (Å²) < 4.78 is 0. The van der Waals surface area contributed by atoms with E-state index in [0.29, 0.717) is 19.4 Å². The van der Waals surface area contributed by atoms with Crippen molar-refractivity contribution in [1.29, 1.82) is 0 Å². The first-order valence-corrected chi connectivity index (χ1v) is 5.24. The third kappa shape index (κ3) is 1.59. The van der Waals surface area contributed by atoms with Crippen LogP contribution in [0.25, 0.3) is 0 Å². The number of imide groups is 1. The molecule has 1 aliphatic heterocycles. The normalized spacial score (nSPS) is 25.5. The van der Waals surface area contributed by atoms with E-state index in [4.69, 9.17) is 0 Å². The predicted molar refractivity (Wildman–Crippen MR) is 51.5 cm³/mol. The Morgan fingerprint density at radius 3 is 2.15 bits per heavy atom. The van der Waals surface area contributed by atoms with Crippen LogP contribution in [0.5, 0.6) is 0 Å². The highest BCUT2D eigenvalue weighted by atomic mass is 32.1. The minimum Gasteiger partial charge on any atom is -0.282 e. The molecule has 1 heterocycles. The van der Waals surface area contributed by atoms with Crippen molar-refractivity contribution in [3.8, 4) is 0 Å². The van der Waals surface area contributed by atoms with Crippen molar-refractivity contribution in [2.24, 2.45) is 5.41 Å². The van der Waals surface area contributed by atoms with Crippen LogP contribution in [-0.2, 0) is 9.59 Å². The number of hydrogen-bond acceptors (Lipinski definition) is 3. The van der Waals surface area contributed by atoms with E-state index >= 15 is 0 Å². The van der Waals surface area contributed by atoms with Crippen molar-refractivity contribution in [2.45, 2.75) is 25.7 Å². The van der Waals surface area contributed by atoms with Gasteiger partial charge in [-0.2, -0.15) is 12.6 Å². The quantitative estimate of drug-likeness (QED) is 0.540. The average Bonchev–Trinajstić information content (AvgIpc) is 2.84. The van der Waals surface area contributed by atoms with Crippen molar-refractivity contribution >= 4 is 24.4 Å². The van der Waals surface area contributed by atoms with E-state index in [9.17, 15) is 9.59 Å². The summed E-state index contributed by atoms with van der Waals surface area (Å²) in [7, 11) is 0. The third-order valence-electron chi connectivity index (χ3n) is 2.94. The highest BCUT2D eigenvalue weighted by Crippen LogP contribution is 2.47. The summed E-state index contributed by atoms with van der Waals surface area (Å²) in [5.74, 6) is 0.778. The summed E-state index contributed by atoms with van der Waals surface area (Å²) in [4.78, 5) is 24.0. The molecule has 0 aromatic heterocycles. The molecule has 1 aliphatic carbocycles. The largest absolute Gasteiger partial charge is 0.282 e. The number of carbonyl (C=O) groups excluding carboxylic acids is 2. The lowest BCUT2D eigenvalue weighted by molar-refractivity contribution is -0.139. The Kier molecular flexibility index (Phi) is 2.10. The minimum absolute atomic E-state index is 0.00180. The standard InChI is InChI=1S/C9H13NO2S/c11-7-1-2-8(12)10(7)5-9(6-13)3-4-9/h13H,1-6H2. The number of hydrogen-bond donors (Lipinski definition) is 1. The first-order chi connectivity index (χ1) is 6.17. The molecule has 1 saturated heterocycles. The summed E-state index contributed by atoms with van der Waals surface area (Å²) in [5, 5.41) is 0. The summed E-state index contributed by atoms with van der Waals surface area (Å²) in [6.07, 6.45) is 3.02. The molecule has 72 valence electrons. The van der Waals surface area contributed by atoms with Gasteiger partial charge in [-0.3, -0.25) is 14.5 Å². The number of nitrogens with zero attached hydrogens (tertiary/aromatic N) is 1. The molecule has 2 aliphatic rings. The Bertz CT molecular complexity index is 244. The van der Waals surface area contributed by atoms with Crippen LogP contribution in [0.3, 0.4) is 0 Å². The van der Waals surface area contributed by atoms with Gasteiger partial charge in [-0.25, -0.2) is 0 Å². The molecule has 2 fully saturated rings. The van der Waals surface area contributed by atoms with Crippen LogP contribution in [0.15, 0.2) is 0 Å². The van der Waals surface area contributed by atoms with E-state index in [2.05, 4.69) is 12.6 Å².